The van der Waals surface area contributed by atoms with Crippen LogP contribution < -0.4 is 10.6 Å². The number of hydrogen-bond acceptors (Lipinski definition) is 3. The number of nitrogens with two attached hydrogens (primary N) is 1. The van der Waals surface area contributed by atoms with Crippen molar-refractivity contribution in [3.05, 3.63) is 35.9 Å². The van der Waals surface area contributed by atoms with Gasteiger partial charge in [0.15, 0.2) is 0 Å². The quantitative estimate of drug-likeness (QED) is 0.416. The maximum atomic E-state index is 5.98. The minimum absolute atomic E-state index is 0.827. The van der Waals surface area contributed by atoms with E-state index in [1.54, 1.807) is 11.3 Å². The summed E-state index contributed by atoms with van der Waals surface area (Å²) < 4.78 is 2.36. The first kappa shape index (κ1) is 12.1. The molecule has 0 radical (unpaired) electrons. The Kier molecular flexibility index (Phi) is 2.75. The number of aryl methyl sites for hydroxylation is 1. The van der Waals surface area contributed by atoms with Crippen LogP contribution in [-0.4, -0.2) is 19.1 Å². The molecule has 0 aliphatic heterocycles. The van der Waals surface area contributed by atoms with Crippen LogP contribution in [0.1, 0.15) is 5.56 Å². The number of fused-ring (bicyclic) bond motifs is 2. The van der Waals surface area contributed by atoms with E-state index < -0.39 is 0 Å². The number of benzene rings is 2. The lowest BCUT2D eigenvalue weighted by Crippen LogP contribution is -2.08. The van der Waals surface area contributed by atoms with E-state index in [4.69, 9.17) is 10.7 Å². The summed E-state index contributed by atoms with van der Waals surface area (Å²) in [6.45, 7) is 2.05. The van der Waals surface area contributed by atoms with Crippen LogP contribution in [-0.2, 0) is 0 Å². The van der Waals surface area contributed by atoms with Crippen LogP contribution >= 0.6 is 11.3 Å². The molecule has 0 aliphatic rings. The van der Waals surface area contributed by atoms with Gasteiger partial charge in [-0.2, -0.15) is 0 Å². The molecule has 1 aromatic heterocycles. The van der Waals surface area contributed by atoms with E-state index in [9.17, 15) is 0 Å². The molecular weight excluding hydrogens is 254 g/mol. The molecule has 0 amide bonds. The molecule has 0 aliphatic carbocycles. The molecule has 3 nitrogen and oxygen atoms in total. The van der Waals surface area contributed by atoms with Crippen molar-refractivity contribution >= 4 is 43.1 Å². The first-order valence-electron chi connectivity index (χ1n) is 6.16. The fraction of sp³-hybridized carbons (Fsp3) is 0.200. The molecule has 1 heterocycles. The summed E-state index contributed by atoms with van der Waals surface area (Å²) in [4.78, 5) is 6.82. The number of nitrogens with zero attached hydrogens (tertiary/aromatic N) is 2. The van der Waals surface area contributed by atoms with Crippen molar-refractivity contribution in [3.8, 4) is 0 Å². The normalized spacial score (nSPS) is 11.1. The molecule has 4 heteroatoms. The van der Waals surface area contributed by atoms with Gasteiger partial charge in [-0.25, -0.2) is 4.98 Å². The number of rotatable bonds is 1. The molecule has 3 rings (SSSR count). The maximum Gasteiger partial charge on any atom is 0.262 e. The molecular formula is C15H16N3S+. The largest absolute Gasteiger partial charge is 0.398 e. The van der Waals surface area contributed by atoms with Crippen molar-refractivity contribution in [2.45, 2.75) is 6.92 Å². The predicted molar refractivity (Wildman–Crippen MR) is 85.0 cm³/mol. The van der Waals surface area contributed by atoms with E-state index in [0.29, 0.717) is 0 Å². The smallest absolute Gasteiger partial charge is 0.262 e. The van der Waals surface area contributed by atoms with E-state index in [0.717, 1.165) is 22.3 Å². The van der Waals surface area contributed by atoms with Crippen molar-refractivity contribution in [1.82, 2.24) is 4.98 Å². The molecule has 2 aromatic carbocycles. The van der Waals surface area contributed by atoms with Crippen LogP contribution in [0, 0.1) is 6.92 Å². The van der Waals surface area contributed by atoms with Gasteiger partial charge >= 0.3 is 0 Å². The third kappa shape index (κ3) is 1.98. The lowest BCUT2D eigenvalue weighted by atomic mass is 10.2. The molecule has 3 aromatic rings. The van der Waals surface area contributed by atoms with Crippen molar-refractivity contribution in [2.24, 2.45) is 0 Å². The molecule has 19 heavy (non-hydrogen) atoms. The third-order valence-electron chi connectivity index (χ3n) is 3.34. The molecule has 0 unspecified atom stereocenters. The Bertz CT molecular complexity index is 781. The highest BCUT2D eigenvalue weighted by Crippen LogP contribution is 2.32. The van der Waals surface area contributed by atoms with Gasteiger partial charge in [0.1, 0.15) is 11.0 Å². The zero-order valence-corrected chi connectivity index (χ0v) is 12.1. The van der Waals surface area contributed by atoms with Crippen LogP contribution in [0.2, 0.25) is 0 Å². The van der Waals surface area contributed by atoms with E-state index in [1.807, 2.05) is 26.2 Å². The van der Waals surface area contributed by atoms with Gasteiger partial charge in [-0.3, -0.25) is 0 Å². The number of anilines is 2. The lowest BCUT2D eigenvalue weighted by molar-refractivity contribution is 1.14. The van der Waals surface area contributed by atoms with Crippen LogP contribution in [0.4, 0.5) is 11.4 Å². The Morgan fingerprint density at radius 1 is 1.11 bits per heavy atom. The van der Waals surface area contributed by atoms with Gasteiger partial charge in [-0.05, 0) is 31.2 Å². The minimum Gasteiger partial charge on any atom is -0.398 e. The summed E-state index contributed by atoms with van der Waals surface area (Å²) in [5, 5.41) is 0. The van der Waals surface area contributed by atoms with E-state index >= 15 is 0 Å². The summed E-state index contributed by atoms with van der Waals surface area (Å²) in [7, 11) is 4.09. The average molecular weight is 270 g/mol. The third-order valence-corrected chi connectivity index (χ3v) is 4.61. The van der Waals surface area contributed by atoms with Gasteiger partial charge in [0.2, 0.25) is 11.3 Å². The molecule has 0 fully saturated rings. The van der Waals surface area contributed by atoms with Crippen molar-refractivity contribution < 1.29 is 0 Å². The van der Waals surface area contributed by atoms with Crippen molar-refractivity contribution in [2.75, 3.05) is 24.7 Å². The Labute approximate surface area is 116 Å². The zero-order valence-electron chi connectivity index (χ0n) is 11.3. The van der Waals surface area contributed by atoms with Gasteiger partial charge in [0.05, 0.1) is 0 Å². The van der Waals surface area contributed by atoms with Crippen molar-refractivity contribution in [3.63, 3.8) is 0 Å². The summed E-state index contributed by atoms with van der Waals surface area (Å²) in [5.41, 5.74) is 11.2. The first-order chi connectivity index (χ1) is 9.06. The minimum atomic E-state index is 0.827. The Hall–Kier alpha value is -1.94. The fourth-order valence-corrected chi connectivity index (χ4v) is 3.21. The predicted octanol–water partition coefficient (Wildman–Crippen LogP) is 3.69. The fourth-order valence-electron chi connectivity index (χ4n) is 2.10. The Balaban J connectivity index is 2.36. The van der Waals surface area contributed by atoms with Gasteiger partial charge in [0, 0.05) is 37.1 Å². The second kappa shape index (κ2) is 4.31. The number of aromatic nitrogens is 1. The van der Waals surface area contributed by atoms with Gasteiger partial charge in [-0.1, -0.05) is 0 Å². The summed E-state index contributed by atoms with van der Waals surface area (Å²) >= 11 is 1.75. The maximum absolute atomic E-state index is 5.98. The highest BCUT2D eigenvalue weighted by atomic mass is 32.1. The summed E-state index contributed by atoms with van der Waals surface area (Å²) in [6, 6.07) is 10.3. The summed E-state index contributed by atoms with van der Waals surface area (Å²) in [5.74, 6) is 0. The molecule has 0 spiro atoms. The lowest BCUT2D eigenvalue weighted by Gasteiger charge is -2.10. The van der Waals surface area contributed by atoms with E-state index in [-0.39, 0.29) is 0 Å². The zero-order chi connectivity index (χ0) is 13.6. The summed E-state index contributed by atoms with van der Waals surface area (Å²) in [6.07, 6.45) is 0. The first-order valence-corrected chi connectivity index (χ1v) is 6.98. The van der Waals surface area contributed by atoms with Gasteiger partial charge < -0.3 is 10.6 Å². The second-order valence-electron chi connectivity index (χ2n) is 4.89. The molecule has 0 saturated carbocycles. The Morgan fingerprint density at radius 3 is 2.58 bits per heavy atom. The second-order valence-corrected chi connectivity index (χ2v) is 5.94. The topological polar surface area (TPSA) is 42.1 Å². The van der Waals surface area contributed by atoms with Gasteiger partial charge in [-0.15, -0.1) is 0 Å². The average Bonchev–Trinajstić information content (AvgIpc) is 2.41. The molecule has 96 valence electrons. The SMILES string of the molecule is Cc1c(N)ccc2nc3ccc(N(C)C)cc3[s+]c12. The van der Waals surface area contributed by atoms with Crippen molar-refractivity contribution in [1.29, 1.82) is 0 Å². The van der Waals surface area contributed by atoms with Crippen LogP contribution in [0.3, 0.4) is 0 Å². The van der Waals surface area contributed by atoms with Crippen LogP contribution in [0.25, 0.3) is 20.4 Å². The number of hydrogen-bond donors (Lipinski definition) is 1. The molecule has 0 atom stereocenters. The molecule has 2 N–H and O–H groups in total. The highest BCUT2D eigenvalue weighted by molar-refractivity contribution is 7.24. The highest BCUT2D eigenvalue weighted by Gasteiger charge is 2.17. The van der Waals surface area contributed by atoms with Crippen LogP contribution in [0.5, 0.6) is 0 Å². The van der Waals surface area contributed by atoms with E-state index in [2.05, 4.69) is 30.0 Å². The molecule has 0 bridgehead atoms. The standard InChI is InChI=1S/C15H16N3S/c1-9-11(16)5-7-13-15(9)19-14-8-10(18(2)3)4-6-12(14)17-13/h4-8H,16H2,1-3H3/q+1. The monoisotopic (exact) mass is 270 g/mol. The van der Waals surface area contributed by atoms with E-state index in [1.165, 1.54) is 15.1 Å². The van der Waals surface area contributed by atoms with Crippen LogP contribution in [0.15, 0.2) is 30.3 Å². The number of nitrogen functional groups attached to an aromatic ring is 1. The Morgan fingerprint density at radius 2 is 1.84 bits per heavy atom. The molecule has 0 saturated heterocycles. The van der Waals surface area contributed by atoms with Gasteiger partial charge in [0.25, 0.3) is 9.40 Å².